The zero-order valence-electron chi connectivity index (χ0n) is 13.0. The lowest BCUT2D eigenvalue weighted by Crippen LogP contribution is -2.40. The number of morpholine rings is 1. The molecule has 3 rings (SSSR count). The summed E-state index contributed by atoms with van der Waals surface area (Å²) in [5.74, 6) is 0.616. The maximum Gasteiger partial charge on any atom is 0.138 e. The number of halogens is 2. The van der Waals surface area contributed by atoms with Crippen LogP contribution in [0.15, 0.2) is 42.5 Å². The molecule has 0 amide bonds. The summed E-state index contributed by atoms with van der Waals surface area (Å²) < 4.78 is 11.1. The summed E-state index contributed by atoms with van der Waals surface area (Å²) in [6, 6.07) is 13.2. The lowest BCUT2D eigenvalue weighted by Gasteiger charge is -2.29. The van der Waals surface area contributed by atoms with E-state index in [9.17, 15) is 0 Å². The van der Waals surface area contributed by atoms with E-state index >= 15 is 0 Å². The van der Waals surface area contributed by atoms with Crippen molar-refractivity contribution in [2.45, 2.75) is 6.61 Å². The number of nitrogens with zero attached hydrogens (tertiary/aromatic N) is 1. The molecule has 0 radical (unpaired) electrons. The highest BCUT2D eigenvalue weighted by Gasteiger charge is 2.16. The van der Waals surface area contributed by atoms with E-state index < -0.39 is 0 Å². The van der Waals surface area contributed by atoms with Crippen LogP contribution in [0, 0.1) is 0 Å². The van der Waals surface area contributed by atoms with E-state index in [0.29, 0.717) is 35.6 Å². The first-order valence-corrected chi connectivity index (χ1v) is 8.84. The number of thiocarbonyl (C=S) groups is 1. The fourth-order valence-electron chi connectivity index (χ4n) is 2.47. The number of rotatable bonds is 4. The van der Waals surface area contributed by atoms with Gasteiger partial charge in [-0.15, -0.1) is 0 Å². The van der Waals surface area contributed by atoms with E-state index in [1.165, 1.54) is 0 Å². The Morgan fingerprint density at radius 1 is 1.08 bits per heavy atom. The number of hydrogen-bond donors (Lipinski definition) is 0. The second kappa shape index (κ2) is 8.17. The van der Waals surface area contributed by atoms with Gasteiger partial charge in [-0.3, -0.25) is 0 Å². The van der Waals surface area contributed by atoms with E-state index in [0.717, 1.165) is 29.2 Å². The summed E-state index contributed by atoms with van der Waals surface area (Å²) in [5.41, 5.74) is 1.84. The monoisotopic (exact) mass is 381 g/mol. The topological polar surface area (TPSA) is 21.7 Å². The summed E-state index contributed by atoms with van der Waals surface area (Å²) in [4.78, 5) is 2.92. The molecule has 1 heterocycles. The Bertz CT molecular complexity index is 733. The predicted octanol–water partition coefficient (Wildman–Crippen LogP) is 4.58. The van der Waals surface area contributed by atoms with Crippen molar-refractivity contribution in [1.29, 1.82) is 0 Å². The number of hydrogen-bond acceptors (Lipinski definition) is 3. The van der Waals surface area contributed by atoms with Crippen LogP contribution in [-0.4, -0.2) is 36.2 Å². The number of ether oxygens (including phenoxy) is 2. The fourth-order valence-corrected chi connectivity index (χ4v) is 3.21. The first-order chi connectivity index (χ1) is 11.6. The van der Waals surface area contributed by atoms with E-state index in [4.69, 9.17) is 44.9 Å². The molecule has 1 aliphatic heterocycles. The minimum absolute atomic E-state index is 0.368. The van der Waals surface area contributed by atoms with Gasteiger partial charge in [0.2, 0.25) is 0 Å². The average Bonchev–Trinajstić information content (AvgIpc) is 2.62. The zero-order valence-corrected chi connectivity index (χ0v) is 15.3. The minimum Gasteiger partial charge on any atom is -0.487 e. The standard InChI is InChI=1S/C18H17Cl2NO2S/c19-15-4-2-1-3-14(15)12-23-17-6-5-13(11-16(17)20)18(24)21-7-9-22-10-8-21/h1-6,11H,7-10,12H2. The van der Waals surface area contributed by atoms with Crippen molar-refractivity contribution in [3.8, 4) is 5.75 Å². The molecule has 0 bridgehead atoms. The second-order valence-electron chi connectivity index (χ2n) is 5.43. The van der Waals surface area contributed by atoms with Crippen molar-refractivity contribution in [1.82, 2.24) is 4.90 Å². The average molecular weight is 382 g/mol. The van der Waals surface area contributed by atoms with Gasteiger partial charge in [-0.2, -0.15) is 0 Å². The molecular weight excluding hydrogens is 365 g/mol. The van der Waals surface area contributed by atoms with Crippen LogP contribution >= 0.6 is 35.4 Å². The molecule has 3 nitrogen and oxygen atoms in total. The van der Waals surface area contributed by atoms with Crippen LogP contribution in [0.25, 0.3) is 0 Å². The highest BCUT2D eigenvalue weighted by Crippen LogP contribution is 2.28. The van der Waals surface area contributed by atoms with Crippen molar-refractivity contribution < 1.29 is 9.47 Å². The molecule has 0 unspecified atom stereocenters. The van der Waals surface area contributed by atoms with Crippen LogP contribution < -0.4 is 4.74 Å². The number of benzene rings is 2. The maximum atomic E-state index is 6.36. The molecule has 0 spiro atoms. The Kier molecular flexibility index (Phi) is 5.95. The lowest BCUT2D eigenvalue weighted by atomic mass is 10.2. The Hall–Kier alpha value is -1.33. The molecule has 0 aromatic heterocycles. The van der Waals surface area contributed by atoms with Crippen LogP contribution in [0.2, 0.25) is 10.0 Å². The summed E-state index contributed by atoms with van der Waals surface area (Å²) >= 11 is 18.0. The van der Waals surface area contributed by atoms with Crippen LogP contribution in [0.5, 0.6) is 5.75 Å². The predicted molar refractivity (Wildman–Crippen MR) is 101 cm³/mol. The maximum absolute atomic E-state index is 6.36. The lowest BCUT2D eigenvalue weighted by molar-refractivity contribution is 0.0693. The molecule has 2 aromatic rings. The first-order valence-electron chi connectivity index (χ1n) is 7.68. The van der Waals surface area contributed by atoms with Crippen molar-refractivity contribution in [2.75, 3.05) is 26.3 Å². The SMILES string of the molecule is S=C(c1ccc(OCc2ccccc2Cl)c(Cl)c1)N1CCOCC1. The van der Waals surface area contributed by atoms with Crippen molar-refractivity contribution in [2.24, 2.45) is 0 Å². The van der Waals surface area contributed by atoms with Crippen LogP contribution in [0.4, 0.5) is 0 Å². The summed E-state index contributed by atoms with van der Waals surface area (Å²) in [7, 11) is 0. The van der Waals surface area contributed by atoms with Gasteiger partial charge in [0, 0.05) is 29.2 Å². The molecule has 126 valence electrons. The van der Waals surface area contributed by atoms with E-state index in [1.807, 2.05) is 42.5 Å². The third-order valence-corrected chi connectivity index (χ3v) is 4.98. The van der Waals surface area contributed by atoms with Crippen LogP contribution in [0.3, 0.4) is 0 Å². The van der Waals surface area contributed by atoms with Gasteiger partial charge in [-0.1, -0.05) is 53.6 Å². The van der Waals surface area contributed by atoms with Crippen molar-refractivity contribution >= 4 is 40.4 Å². The second-order valence-corrected chi connectivity index (χ2v) is 6.63. The highest BCUT2D eigenvalue weighted by atomic mass is 35.5. The zero-order chi connectivity index (χ0) is 16.9. The fraction of sp³-hybridized carbons (Fsp3) is 0.278. The summed E-state index contributed by atoms with van der Waals surface area (Å²) in [6.07, 6.45) is 0. The van der Waals surface area contributed by atoms with Gasteiger partial charge in [0.15, 0.2) is 0 Å². The van der Waals surface area contributed by atoms with E-state index in [-0.39, 0.29) is 0 Å². The van der Waals surface area contributed by atoms with Gasteiger partial charge in [0.25, 0.3) is 0 Å². The van der Waals surface area contributed by atoms with Crippen molar-refractivity contribution in [3.63, 3.8) is 0 Å². The largest absolute Gasteiger partial charge is 0.487 e. The van der Waals surface area contributed by atoms with Gasteiger partial charge < -0.3 is 14.4 Å². The molecule has 0 saturated carbocycles. The Morgan fingerprint density at radius 3 is 2.54 bits per heavy atom. The first kappa shape index (κ1) is 17.5. The molecular formula is C18H17Cl2NO2S. The van der Waals surface area contributed by atoms with Crippen molar-refractivity contribution in [3.05, 3.63) is 63.6 Å². The normalized spacial score (nSPS) is 14.5. The summed E-state index contributed by atoms with van der Waals surface area (Å²) in [6.45, 7) is 3.38. The van der Waals surface area contributed by atoms with Gasteiger partial charge >= 0.3 is 0 Å². The molecule has 1 aliphatic rings. The van der Waals surface area contributed by atoms with Gasteiger partial charge in [-0.25, -0.2) is 0 Å². The molecule has 1 saturated heterocycles. The third-order valence-electron chi connectivity index (χ3n) is 3.82. The third kappa shape index (κ3) is 4.19. The Morgan fingerprint density at radius 2 is 1.83 bits per heavy atom. The molecule has 0 N–H and O–H groups in total. The van der Waals surface area contributed by atoms with Crippen LogP contribution in [-0.2, 0) is 11.3 Å². The van der Waals surface area contributed by atoms with E-state index in [2.05, 4.69) is 4.90 Å². The smallest absolute Gasteiger partial charge is 0.138 e. The molecule has 0 atom stereocenters. The van der Waals surface area contributed by atoms with E-state index in [1.54, 1.807) is 0 Å². The van der Waals surface area contributed by atoms with Gasteiger partial charge in [-0.05, 0) is 24.3 Å². The molecule has 6 heteroatoms. The van der Waals surface area contributed by atoms with Gasteiger partial charge in [0.1, 0.15) is 17.3 Å². The highest BCUT2D eigenvalue weighted by molar-refractivity contribution is 7.80. The quantitative estimate of drug-likeness (QED) is 0.722. The van der Waals surface area contributed by atoms with Crippen LogP contribution in [0.1, 0.15) is 11.1 Å². The Labute approximate surface area is 157 Å². The summed E-state index contributed by atoms with van der Waals surface area (Å²) in [5, 5.41) is 1.22. The molecule has 2 aromatic carbocycles. The molecule has 1 fully saturated rings. The van der Waals surface area contributed by atoms with Gasteiger partial charge in [0.05, 0.1) is 18.2 Å². The Balaban J connectivity index is 1.68. The minimum atomic E-state index is 0.368. The molecule has 24 heavy (non-hydrogen) atoms. The molecule has 0 aliphatic carbocycles.